The molecular weight excluding hydrogens is 582 g/mol. The minimum absolute atomic E-state index is 0.000241. The van der Waals surface area contributed by atoms with Gasteiger partial charge in [-0.25, -0.2) is 0 Å². The molecule has 2 heterocycles. The van der Waals surface area contributed by atoms with Gasteiger partial charge >= 0.3 is 0 Å². The SMILES string of the molecule is COCCC(=O)NC(CC(=O)NCCNC(=O)C(C)N1C(=O)C=CC1=O)CC(=O)NCCNC(=O)C(C)N1C(=O)C=CC1=O. The fourth-order valence-electron chi connectivity index (χ4n) is 4.15. The van der Waals surface area contributed by atoms with E-state index in [9.17, 15) is 43.2 Å². The highest BCUT2D eigenvalue weighted by Crippen LogP contribution is 2.10. The Kier molecular flexibility index (Phi) is 13.8. The van der Waals surface area contributed by atoms with Gasteiger partial charge in [-0.2, -0.15) is 0 Å². The van der Waals surface area contributed by atoms with Gasteiger partial charge in [0.15, 0.2) is 0 Å². The average molecular weight is 620 g/mol. The maximum absolute atomic E-state index is 12.5. The van der Waals surface area contributed by atoms with E-state index in [0.29, 0.717) is 0 Å². The van der Waals surface area contributed by atoms with Crippen LogP contribution in [0.5, 0.6) is 0 Å². The molecule has 0 bridgehead atoms. The van der Waals surface area contributed by atoms with Crippen molar-refractivity contribution in [2.75, 3.05) is 39.9 Å². The molecule has 0 radical (unpaired) electrons. The maximum Gasteiger partial charge on any atom is 0.254 e. The van der Waals surface area contributed by atoms with Crippen LogP contribution in [0.4, 0.5) is 0 Å². The number of methoxy groups -OCH3 is 1. The lowest BCUT2D eigenvalue weighted by Gasteiger charge is -2.22. The lowest BCUT2D eigenvalue weighted by Crippen LogP contribution is -2.49. The number of carbonyl (C=O) groups is 9. The molecule has 0 spiro atoms. The Labute approximate surface area is 253 Å². The Hall–Kier alpha value is -4.93. The van der Waals surface area contributed by atoms with Crippen molar-refractivity contribution < 1.29 is 47.9 Å². The smallest absolute Gasteiger partial charge is 0.254 e. The first-order chi connectivity index (χ1) is 20.8. The van der Waals surface area contributed by atoms with Crippen molar-refractivity contribution in [3.05, 3.63) is 24.3 Å². The first kappa shape index (κ1) is 35.3. The van der Waals surface area contributed by atoms with Crippen LogP contribution in [0, 0.1) is 0 Å². The second-order valence-electron chi connectivity index (χ2n) is 9.81. The van der Waals surface area contributed by atoms with Crippen molar-refractivity contribution in [3.8, 4) is 0 Å². The van der Waals surface area contributed by atoms with Crippen LogP contribution in [0.25, 0.3) is 0 Å². The summed E-state index contributed by atoms with van der Waals surface area (Å²) in [5, 5.41) is 12.8. The number of hydrogen-bond donors (Lipinski definition) is 5. The van der Waals surface area contributed by atoms with E-state index in [2.05, 4.69) is 26.6 Å². The van der Waals surface area contributed by atoms with Gasteiger partial charge in [0.05, 0.1) is 6.61 Å². The first-order valence-corrected chi connectivity index (χ1v) is 13.8. The number of nitrogens with one attached hydrogen (secondary N) is 5. The van der Waals surface area contributed by atoms with E-state index in [1.165, 1.54) is 21.0 Å². The fraction of sp³-hybridized carbons (Fsp3) is 0.519. The number of carbonyl (C=O) groups excluding carboxylic acids is 9. The highest BCUT2D eigenvalue weighted by Gasteiger charge is 2.33. The Morgan fingerprint density at radius 1 is 0.636 bits per heavy atom. The average Bonchev–Trinajstić information content (AvgIpc) is 3.49. The van der Waals surface area contributed by atoms with Crippen molar-refractivity contribution in [2.24, 2.45) is 0 Å². The van der Waals surface area contributed by atoms with Crippen molar-refractivity contribution in [1.82, 2.24) is 36.4 Å². The topological polar surface area (TPSA) is 229 Å². The third-order valence-electron chi connectivity index (χ3n) is 6.47. The molecule has 2 aliphatic rings. The first-order valence-electron chi connectivity index (χ1n) is 13.8. The molecule has 240 valence electrons. The maximum atomic E-state index is 12.5. The second kappa shape index (κ2) is 17.3. The van der Waals surface area contributed by atoms with Crippen LogP contribution in [0.2, 0.25) is 0 Å². The zero-order valence-electron chi connectivity index (χ0n) is 24.7. The molecule has 9 amide bonds. The van der Waals surface area contributed by atoms with Crippen molar-refractivity contribution in [1.29, 1.82) is 0 Å². The minimum Gasteiger partial charge on any atom is -0.384 e. The van der Waals surface area contributed by atoms with Gasteiger partial charge in [0, 0.05) is 82.9 Å². The van der Waals surface area contributed by atoms with Crippen LogP contribution in [-0.2, 0) is 47.9 Å². The van der Waals surface area contributed by atoms with E-state index in [1.54, 1.807) is 0 Å². The predicted molar refractivity (Wildman–Crippen MR) is 151 cm³/mol. The molecule has 2 unspecified atom stereocenters. The summed E-state index contributed by atoms with van der Waals surface area (Å²) in [4.78, 5) is 110. The van der Waals surface area contributed by atoms with Crippen LogP contribution in [0.3, 0.4) is 0 Å². The minimum atomic E-state index is -1.04. The molecular formula is C27H37N7O10. The fourth-order valence-corrected chi connectivity index (χ4v) is 4.15. The lowest BCUT2D eigenvalue weighted by molar-refractivity contribution is -0.145. The summed E-state index contributed by atoms with van der Waals surface area (Å²) in [5.41, 5.74) is 0. The van der Waals surface area contributed by atoms with E-state index in [1.807, 2.05) is 0 Å². The Bertz CT molecular complexity index is 1110. The highest BCUT2D eigenvalue weighted by atomic mass is 16.5. The van der Waals surface area contributed by atoms with Crippen molar-refractivity contribution in [2.45, 2.75) is 51.2 Å². The van der Waals surface area contributed by atoms with E-state index >= 15 is 0 Å². The van der Waals surface area contributed by atoms with E-state index in [0.717, 1.165) is 34.1 Å². The number of ether oxygens (including phenoxy) is 1. The molecule has 0 fully saturated rings. The molecule has 0 saturated carbocycles. The van der Waals surface area contributed by atoms with Crippen LogP contribution in [0.15, 0.2) is 24.3 Å². The molecule has 2 aliphatic heterocycles. The molecule has 17 nitrogen and oxygen atoms in total. The van der Waals surface area contributed by atoms with Gasteiger partial charge in [0.1, 0.15) is 12.1 Å². The molecule has 44 heavy (non-hydrogen) atoms. The second-order valence-corrected chi connectivity index (χ2v) is 9.81. The molecule has 0 saturated heterocycles. The van der Waals surface area contributed by atoms with E-state index in [4.69, 9.17) is 4.74 Å². The Morgan fingerprint density at radius 3 is 1.36 bits per heavy atom. The molecule has 17 heteroatoms. The largest absolute Gasteiger partial charge is 0.384 e. The molecule has 5 N–H and O–H groups in total. The van der Waals surface area contributed by atoms with Crippen molar-refractivity contribution in [3.63, 3.8) is 0 Å². The number of rotatable bonds is 18. The number of imide groups is 2. The summed E-state index contributed by atoms with van der Waals surface area (Å²) < 4.78 is 4.87. The predicted octanol–water partition coefficient (Wildman–Crippen LogP) is -3.62. The quantitative estimate of drug-likeness (QED) is 0.0747. The van der Waals surface area contributed by atoms with E-state index < -0.39 is 71.3 Å². The van der Waals surface area contributed by atoms with E-state index in [-0.39, 0.29) is 52.0 Å². The van der Waals surface area contributed by atoms with Gasteiger partial charge < -0.3 is 31.3 Å². The molecule has 2 rings (SSSR count). The zero-order chi connectivity index (χ0) is 32.8. The van der Waals surface area contributed by atoms with Crippen molar-refractivity contribution >= 4 is 53.2 Å². The third-order valence-corrected chi connectivity index (χ3v) is 6.47. The van der Waals surface area contributed by atoms with Gasteiger partial charge in [-0.15, -0.1) is 0 Å². The molecule has 0 aliphatic carbocycles. The summed E-state index contributed by atoms with van der Waals surface area (Å²) in [6.45, 7) is 2.89. The van der Waals surface area contributed by atoms with Crippen LogP contribution < -0.4 is 26.6 Å². The van der Waals surface area contributed by atoms with Gasteiger partial charge in [-0.05, 0) is 13.8 Å². The highest BCUT2D eigenvalue weighted by molar-refractivity contribution is 6.15. The standard InChI is InChI=1S/C27H37N7O10/c1-16(33-22(38)4-5-23(33)39)26(42)30-11-9-28-20(36)14-18(32-19(35)8-13-44-3)15-21(37)29-10-12-31-27(43)17(2)34-24(40)6-7-25(34)41/h4-7,16-18H,8-15H2,1-3H3,(H,28,36)(H,29,37)(H,30,42)(H,31,43)(H,32,35). The summed E-state index contributed by atoms with van der Waals surface area (Å²) >= 11 is 0. The van der Waals surface area contributed by atoms with Crippen LogP contribution in [0.1, 0.15) is 33.1 Å². The summed E-state index contributed by atoms with van der Waals surface area (Å²) in [5.74, 6) is -5.06. The molecule has 0 aromatic carbocycles. The Morgan fingerprint density at radius 2 is 1.00 bits per heavy atom. The third kappa shape index (κ3) is 10.7. The Balaban J connectivity index is 1.77. The van der Waals surface area contributed by atoms with Crippen LogP contribution in [-0.4, -0.2) is 121 Å². The summed E-state index contributed by atoms with van der Waals surface area (Å²) in [6, 6.07) is -2.97. The number of hydrogen-bond acceptors (Lipinski definition) is 10. The summed E-state index contributed by atoms with van der Waals surface area (Å²) in [6.07, 6.45) is 3.74. The molecule has 2 atom stereocenters. The van der Waals surface area contributed by atoms with Gasteiger partial charge in [0.2, 0.25) is 29.5 Å². The zero-order valence-corrected chi connectivity index (χ0v) is 24.7. The monoisotopic (exact) mass is 619 g/mol. The summed E-state index contributed by atoms with van der Waals surface area (Å²) in [7, 11) is 1.42. The van der Waals surface area contributed by atoms with Gasteiger partial charge in [0.25, 0.3) is 23.6 Å². The normalized spacial score (nSPS) is 16.1. The number of amides is 9. The van der Waals surface area contributed by atoms with Gasteiger partial charge in [-0.1, -0.05) is 0 Å². The number of nitrogens with zero attached hydrogens (tertiary/aromatic N) is 2. The van der Waals surface area contributed by atoms with Gasteiger partial charge in [-0.3, -0.25) is 53.0 Å². The molecule has 0 aromatic rings. The molecule has 0 aromatic heterocycles. The lowest BCUT2D eigenvalue weighted by atomic mass is 10.1. The van der Waals surface area contributed by atoms with Crippen LogP contribution >= 0.6 is 0 Å².